The van der Waals surface area contributed by atoms with Gasteiger partial charge < -0.3 is 9.88 Å². The van der Waals surface area contributed by atoms with Crippen LogP contribution in [0.2, 0.25) is 0 Å². The maximum Gasteiger partial charge on any atom is 0.230 e. The van der Waals surface area contributed by atoms with Gasteiger partial charge in [0.25, 0.3) is 0 Å². The van der Waals surface area contributed by atoms with Gasteiger partial charge in [0, 0.05) is 23.7 Å². The fourth-order valence-electron chi connectivity index (χ4n) is 3.05. The standard InChI is InChI=1S/C21H22F2N4OS/c1-4-27-20(16-8-6-5-7-13(16)2)25-26-21(27)29-12-19(28)24-14(3)17-10-9-15(22)11-18(17)23/h5-11,14H,4,12H2,1-3H3,(H,24,28)/t14-/m1/s1. The Kier molecular flexibility index (Phi) is 6.64. The van der Waals surface area contributed by atoms with Crippen molar-refractivity contribution in [3.8, 4) is 11.4 Å². The van der Waals surface area contributed by atoms with E-state index < -0.39 is 17.7 Å². The molecule has 1 amide bonds. The quantitative estimate of drug-likeness (QED) is 0.575. The molecule has 0 bridgehead atoms. The third kappa shape index (κ3) is 4.82. The van der Waals surface area contributed by atoms with Gasteiger partial charge in [-0.2, -0.15) is 0 Å². The van der Waals surface area contributed by atoms with E-state index in [1.165, 1.54) is 23.9 Å². The van der Waals surface area contributed by atoms with Crippen LogP contribution in [0.4, 0.5) is 8.78 Å². The van der Waals surface area contributed by atoms with Crippen molar-refractivity contribution in [2.24, 2.45) is 0 Å². The van der Waals surface area contributed by atoms with E-state index in [-0.39, 0.29) is 17.2 Å². The molecule has 3 aromatic rings. The third-order valence-corrected chi connectivity index (χ3v) is 5.52. The van der Waals surface area contributed by atoms with Gasteiger partial charge in [-0.15, -0.1) is 10.2 Å². The first-order valence-corrected chi connectivity index (χ1v) is 10.3. The van der Waals surface area contributed by atoms with Crippen LogP contribution in [-0.2, 0) is 11.3 Å². The summed E-state index contributed by atoms with van der Waals surface area (Å²) in [6.07, 6.45) is 0. The molecule has 1 atom stereocenters. The molecule has 0 aliphatic heterocycles. The average Bonchev–Trinajstić information content (AvgIpc) is 3.09. The lowest BCUT2D eigenvalue weighted by atomic mass is 10.1. The van der Waals surface area contributed by atoms with Gasteiger partial charge >= 0.3 is 0 Å². The zero-order valence-corrected chi connectivity index (χ0v) is 17.3. The number of carbonyl (C=O) groups is 1. The Morgan fingerprint density at radius 3 is 2.66 bits per heavy atom. The molecular weight excluding hydrogens is 394 g/mol. The zero-order chi connectivity index (χ0) is 21.0. The second-order valence-electron chi connectivity index (χ2n) is 6.61. The molecule has 0 saturated carbocycles. The number of nitrogens with zero attached hydrogens (tertiary/aromatic N) is 3. The average molecular weight is 416 g/mol. The molecule has 1 N–H and O–H groups in total. The largest absolute Gasteiger partial charge is 0.349 e. The van der Waals surface area contributed by atoms with E-state index in [2.05, 4.69) is 15.5 Å². The van der Waals surface area contributed by atoms with E-state index in [9.17, 15) is 13.6 Å². The van der Waals surface area contributed by atoms with Crippen LogP contribution in [0.25, 0.3) is 11.4 Å². The smallest absolute Gasteiger partial charge is 0.230 e. The Morgan fingerprint density at radius 2 is 1.97 bits per heavy atom. The van der Waals surface area contributed by atoms with Crippen LogP contribution in [0.3, 0.4) is 0 Å². The molecule has 1 heterocycles. The van der Waals surface area contributed by atoms with Gasteiger partial charge in [0.1, 0.15) is 11.6 Å². The second-order valence-corrected chi connectivity index (χ2v) is 7.55. The third-order valence-electron chi connectivity index (χ3n) is 4.56. The Balaban J connectivity index is 1.67. The lowest BCUT2D eigenvalue weighted by molar-refractivity contribution is -0.119. The molecule has 29 heavy (non-hydrogen) atoms. The monoisotopic (exact) mass is 416 g/mol. The zero-order valence-electron chi connectivity index (χ0n) is 16.4. The SMILES string of the molecule is CCn1c(SCC(=O)N[C@H](C)c2ccc(F)cc2F)nnc1-c1ccccc1C. The lowest BCUT2D eigenvalue weighted by Crippen LogP contribution is -2.28. The van der Waals surface area contributed by atoms with Gasteiger partial charge in [-0.25, -0.2) is 8.78 Å². The topological polar surface area (TPSA) is 59.8 Å². The van der Waals surface area contributed by atoms with Crippen molar-refractivity contribution in [1.82, 2.24) is 20.1 Å². The summed E-state index contributed by atoms with van der Waals surface area (Å²) in [7, 11) is 0. The first-order valence-electron chi connectivity index (χ1n) is 9.27. The maximum atomic E-state index is 13.9. The number of halogens is 2. The summed E-state index contributed by atoms with van der Waals surface area (Å²) >= 11 is 1.27. The molecule has 0 spiro atoms. The van der Waals surface area contributed by atoms with E-state index in [1.807, 2.05) is 42.7 Å². The van der Waals surface area contributed by atoms with Crippen LogP contribution < -0.4 is 5.32 Å². The minimum atomic E-state index is -0.681. The highest BCUT2D eigenvalue weighted by Crippen LogP contribution is 2.26. The van der Waals surface area contributed by atoms with Crippen molar-refractivity contribution in [2.45, 2.75) is 38.5 Å². The molecule has 0 saturated heterocycles. The van der Waals surface area contributed by atoms with Crippen LogP contribution >= 0.6 is 11.8 Å². The van der Waals surface area contributed by atoms with Gasteiger partial charge in [0.15, 0.2) is 11.0 Å². The van der Waals surface area contributed by atoms with E-state index in [4.69, 9.17) is 0 Å². The summed E-state index contributed by atoms with van der Waals surface area (Å²) in [6.45, 7) is 6.33. The molecular formula is C21H22F2N4OS. The minimum absolute atomic E-state index is 0.110. The van der Waals surface area contributed by atoms with Crippen LogP contribution in [0.1, 0.15) is 31.0 Å². The molecule has 5 nitrogen and oxygen atoms in total. The van der Waals surface area contributed by atoms with Crippen molar-refractivity contribution in [3.05, 3.63) is 65.2 Å². The number of nitrogens with one attached hydrogen (secondary N) is 1. The second kappa shape index (κ2) is 9.17. The van der Waals surface area contributed by atoms with Crippen molar-refractivity contribution in [1.29, 1.82) is 0 Å². The first kappa shape index (κ1) is 21.0. The molecule has 152 valence electrons. The molecule has 0 aliphatic carbocycles. The Bertz CT molecular complexity index is 1020. The Labute approximate surface area is 172 Å². The molecule has 0 aliphatic rings. The molecule has 0 unspecified atom stereocenters. The summed E-state index contributed by atoms with van der Waals surface area (Å²) in [5, 5.41) is 11.9. The number of hydrogen-bond acceptors (Lipinski definition) is 4. The summed E-state index contributed by atoms with van der Waals surface area (Å²) < 4.78 is 28.9. The predicted octanol–water partition coefficient (Wildman–Crippen LogP) is 4.52. The van der Waals surface area contributed by atoms with Gasteiger partial charge in [-0.3, -0.25) is 4.79 Å². The van der Waals surface area contributed by atoms with Crippen LogP contribution in [0, 0.1) is 18.6 Å². The molecule has 2 aromatic carbocycles. The molecule has 8 heteroatoms. The molecule has 1 aromatic heterocycles. The van der Waals surface area contributed by atoms with Crippen molar-refractivity contribution >= 4 is 17.7 Å². The lowest BCUT2D eigenvalue weighted by Gasteiger charge is -2.15. The van der Waals surface area contributed by atoms with Gasteiger partial charge in [0.2, 0.25) is 5.91 Å². The number of carbonyl (C=O) groups excluding carboxylic acids is 1. The predicted molar refractivity (Wildman–Crippen MR) is 110 cm³/mol. The molecule has 3 rings (SSSR count). The van der Waals surface area contributed by atoms with Gasteiger partial charge in [-0.05, 0) is 32.4 Å². The first-order chi connectivity index (χ1) is 13.9. The van der Waals surface area contributed by atoms with Crippen LogP contribution in [0.15, 0.2) is 47.6 Å². The van der Waals surface area contributed by atoms with E-state index in [1.54, 1.807) is 6.92 Å². The van der Waals surface area contributed by atoms with E-state index in [0.29, 0.717) is 11.7 Å². The molecule has 0 fully saturated rings. The Morgan fingerprint density at radius 1 is 1.21 bits per heavy atom. The highest BCUT2D eigenvalue weighted by molar-refractivity contribution is 7.99. The summed E-state index contributed by atoms with van der Waals surface area (Å²) in [5.74, 6) is -0.730. The fraction of sp³-hybridized carbons (Fsp3) is 0.286. The number of thioether (sulfide) groups is 1. The van der Waals surface area contributed by atoms with Gasteiger partial charge in [-0.1, -0.05) is 42.1 Å². The number of benzene rings is 2. The van der Waals surface area contributed by atoms with Crippen molar-refractivity contribution in [3.63, 3.8) is 0 Å². The fourth-order valence-corrected chi connectivity index (χ4v) is 3.86. The highest BCUT2D eigenvalue weighted by atomic mass is 32.2. The number of rotatable bonds is 7. The summed E-state index contributed by atoms with van der Waals surface area (Å²) in [5.41, 5.74) is 2.33. The van der Waals surface area contributed by atoms with Crippen LogP contribution in [-0.4, -0.2) is 26.4 Å². The minimum Gasteiger partial charge on any atom is -0.349 e. The maximum absolute atomic E-state index is 13.9. The number of aryl methyl sites for hydroxylation is 1. The van der Waals surface area contributed by atoms with Crippen molar-refractivity contribution < 1.29 is 13.6 Å². The summed E-state index contributed by atoms with van der Waals surface area (Å²) in [6, 6.07) is 10.7. The normalized spacial score (nSPS) is 12.0. The van der Waals surface area contributed by atoms with Crippen LogP contribution in [0.5, 0.6) is 0 Å². The Hall–Kier alpha value is -2.74. The van der Waals surface area contributed by atoms with Gasteiger partial charge in [0.05, 0.1) is 11.8 Å². The number of hydrogen-bond donors (Lipinski definition) is 1. The van der Waals surface area contributed by atoms with E-state index in [0.717, 1.165) is 23.0 Å². The number of amides is 1. The number of aromatic nitrogens is 3. The summed E-state index contributed by atoms with van der Waals surface area (Å²) in [4.78, 5) is 12.3. The van der Waals surface area contributed by atoms with Crippen molar-refractivity contribution in [2.75, 3.05) is 5.75 Å². The molecule has 0 radical (unpaired) electrons. The highest BCUT2D eigenvalue weighted by Gasteiger charge is 2.18. The van der Waals surface area contributed by atoms with E-state index >= 15 is 0 Å².